The van der Waals surface area contributed by atoms with E-state index < -0.39 is 20.4 Å². The maximum absolute atomic E-state index is 10.1. The van der Waals surface area contributed by atoms with E-state index in [0.29, 0.717) is 0 Å². The Morgan fingerprint density at radius 3 is 2.40 bits per heavy atom. The Hall–Kier alpha value is -0.344. The minimum atomic E-state index is -0.598. The van der Waals surface area contributed by atoms with Gasteiger partial charge in [-0.2, -0.15) is 3.69 Å². The third-order valence-corrected chi connectivity index (χ3v) is 2.55. The molecule has 1 aromatic carbocycles. The van der Waals surface area contributed by atoms with Gasteiger partial charge in [0.15, 0.2) is 0 Å². The topological polar surface area (TPSA) is 17.1 Å². The maximum atomic E-state index is 10.1. The molecule has 1 nitrogen and oxygen atoms in total. The van der Waals surface area contributed by atoms with Gasteiger partial charge in [-0.3, -0.25) is 0 Å². The third-order valence-electron chi connectivity index (χ3n) is 1.44. The molecule has 0 bridgehead atoms. The first-order valence-corrected chi connectivity index (χ1v) is 4.84. The first-order chi connectivity index (χ1) is 4.83. The number of benzene rings is 1. The molecule has 0 saturated heterocycles. The molecule has 0 spiro atoms. The Balaban J connectivity index is 2.78. The average molecular weight is 144 g/mol. The highest BCUT2D eigenvalue weighted by Crippen LogP contribution is 1.91. The zero-order chi connectivity index (χ0) is 7.40. The van der Waals surface area contributed by atoms with E-state index in [-0.39, 0.29) is 0 Å². The highest BCUT2D eigenvalue weighted by atomic mass is 24.5. The van der Waals surface area contributed by atoms with Gasteiger partial charge in [0.1, 0.15) is 0 Å². The molecule has 0 N–H and O–H groups in total. The van der Waals surface area contributed by atoms with Gasteiger partial charge in [0, 0.05) is 0 Å². The molecule has 0 aromatic heterocycles. The van der Waals surface area contributed by atoms with Crippen molar-refractivity contribution in [3.05, 3.63) is 29.8 Å². The molecule has 10 heavy (non-hydrogen) atoms. The summed E-state index contributed by atoms with van der Waals surface area (Å²) in [6.07, 6.45) is 0. The van der Waals surface area contributed by atoms with Crippen molar-refractivity contribution in [2.24, 2.45) is 0 Å². The summed E-state index contributed by atoms with van der Waals surface area (Å²) in [5.41, 5.74) is 1.25. The van der Waals surface area contributed by atoms with Crippen molar-refractivity contribution in [1.29, 1.82) is 0 Å². The largest absolute Gasteiger partial charge is 0.503 e. The summed E-state index contributed by atoms with van der Waals surface area (Å²) in [6.45, 7) is 2.05. The standard InChI is InChI=1S/C7H7.CHO.Mg/c1-7-5-3-2-4-6-7;1-2;/h3-6H,1H3;1H;. The molecule has 2 heteroatoms. The van der Waals surface area contributed by atoms with E-state index in [0.717, 1.165) is 4.42 Å². The first kappa shape index (κ1) is 7.76. The van der Waals surface area contributed by atoms with Crippen LogP contribution >= 0.6 is 0 Å². The fraction of sp³-hybridized carbons (Fsp3) is 0.125. The van der Waals surface area contributed by atoms with Crippen LogP contribution < -0.4 is 3.69 Å². The van der Waals surface area contributed by atoms with E-state index in [1.807, 2.05) is 31.2 Å². The van der Waals surface area contributed by atoms with Crippen LogP contribution in [0.1, 0.15) is 5.56 Å². The summed E-state index contributed by atoms with van der Waals surface area (Å²) in [6, 6.07) is 8.17. The van der Waals surface area contributed by atoms with Gasteiger partial charge in [0.25, 0.3) is 0 Å². The van der Waals surface area contributed by atoms with E-state index in [2.05, 4.69) is 0 Å². The maximum Gasteiger partial charge on any atom is 0.503 e. The van der Waals surface area contributed by atoms with E-state index >= 15 is 0 Å². The Morgan fingerprint density at radius 2 is 1.90 bits per heavy atom. The van der Waals surface area contributed by atoms with Gasteiger partial charge in [0.2, 0.25) is 0 Å². The van der Waals surface area contributed by atoms with Crippen molar-refractivity contribution in [3.8, 4) is 0 Å². The van der Waals surface area contributed by atoms with Crippen LogP contribution in [0.2, 0.25) is 0 Å². The van der Waals surface area contributed by atoms with Crippen LogP contribution in [-0.2, 0) is 4.79 Å². The van der Waals surface area contributed by atoms with Crippen molar-refractivity contribution >= 4 is 28.5 Å². The number of carbonyl (C=O) groups excluding carboxylic acids is 1. The zero-order valence-corrected chi connectivity index (χ0v) is 7.42. The summed E-state index contributed by atoms with van der Waals surface area (Å²) < 4.78 is 2.28. The SMILES string of the molecule is Cc1cc[c]([Mg][CH]=O)cc1. The molecule has 0 aliphatic heterocycles. The van der Waals surface area contributed by atoms with Crippen LogP contribution in [-0.4, -0.2) is 24.8 Å². The minimum Gasteiger partial charge on any atom is -0.339 e. The van der Waals surface area contributed by atoms with Crippen molar-refractivity contribution in [2.45, 2.75) is 6.92 Å². The Labute approximate surface area is 70.2 Å². The lowest BCUT2D eigenvalue weighted by atomic mass is 10.2. The molecular formula is C8H8MgO. The van der Waals surface area contributed by atoms with Crippen LogP contribution in [0.15, 0.2) is 24.3 Å². The number of hydrogen-bond donors (Lipinski definition) is 0. The van der Waals surface area contributed by atoms with Gasteiger partial charge in [-0.05, 0) is 11.3 Å². The second-order valence-electron chi connectivity index (χ2n) is 2.36. The van der Waals surface area contributed by atoms with Crippen molar-refractivity contribution in [3.63, 3.8) is 0 Å². The lowest BCUT2D eigenvalue weighted by Crippen LogP contribution is -2.14. The van der Waals surface area contributed by atoms with Gasteiger partial charge >= 0.3 is 20.4 Å². The predicted molar refractivity (Wildman–Crippen MR) is 43.3 cm³/mol. The van der Waals surface area contributed by atoms with Gasteiger partial charge in [-0.25, -0.2) is 0 Å². The number of hydrogen-bond acceptors (Lipinski definition) is 1. The molecule has 0 amide bonds. The van der Waals surface area contributed by atoms with E-state index in [9.17, 15) is 4.79 Å². The molecule has 0 atom stereocenters. The zero-order valence-electron chi connectivity index (χ0n) is 6.00. The fourth-order valence-electron chi connectivity index (χ4n) is 0.820. The summed E-state index contributed by atoms with van der Waals surface area (Å²) in [7, 11) is 0. The molecule has 1 aromatic rings. The quantitative estimate of drug-likeness (QED) is 0.437. The van der Waals surface area contributed by atoms with Crippen LogP contribution in [0.4, 0.5) is 0 Å². The van der Waals surface area contributed by atoms with Crippen LogP contribution in [0.5, 0.6) is 0 Å². The average Bonchev–Trinajstić information content (AvgIpc) is 1.95. The van der Waals surface area contributed by atoms with Crippen LogP contribution in [0.3, 0.4) is 0 Å². The van der Waals surface area contributed by atoms with Gasteiger partial charge in [0.05, 0.1) is 0 Å². The molecule has 0 aliphatic rings. The molecule has 0 unspecified atom stereocenters. The van der Waals surface area contributed by atoms with Crippen molar-refractivity contribution in [1.82, 2.24) is 0 Å². The predicted octanol–water partition coefficient (Wildman–Crippen LogP) is 0.515. The highest BCUT2D eigenvalue weighted by molar-refractivity contribution is 6.78. The first-order valence-electron chi connectivity index (χ1n) is 3.32. The minimum absolute atomic E-state index is 0.598. The molecule has 1 rings (SSSR count). The Morgan fingerprint density at radius 1 is 1.30 bits per heavy atom. The second kappa shape index (κ2) is 3.73. The summed E-state index contributed by atoms with van der Waals surface area (Å²) in [5.74, 6) is 0. The number of rotatable bonds is 2. The van der Waals surface area contributed by atoms with Crippen LogP contribution in [0, 0.1) is 6.92 Å². The highest BCUT2D eigenvalue weighted by Gasteiger charge is 1.94. The van der Waals surface area contributed by atoms with Gasteiger partial charge in [-0.1, -0.05) is 29.8 Å². The summed E-state index contributed by atoms with van der Waals surface area (Å²) in [5, 5.41) is 0. The Bertz CT molecular complexity index is 215. The lowest BCUT2D eigenvalue weighted by molar-refractivity contribution is 0.568. The van der Waals surface area contributed by atoms with E-state index in [4.69, 9.17) is 0 Å². The smallest absolute Gasteiger partial charge is 0.339 e. The molecular weight excluding hydrogens is 136 g/mol. The van der Waals surface area contributed by atoms with Crippen LogP contribution in [0.25, 0.3) is 0 Å². The monoisotopic (exact) mass is 144 g/mol. The van der Waals surface area contributed by atoms with Gasteiger partial charge < -0.3 is 4.79 Å². The van der Waals surface area contributed by atoms with Crippen molar-refractivity contribution in [2.75, 3.05) is 0 Å². The molecule has 0 fully saturated rings. The Kier molecular flexibility index (Phi) is 2.90. The lowest BCUT2D eigenvalue weighted by Gasteiger charge is -1.93. The summed E-state index contributed by atoms with van der Waals surface area (Å²) in [4.78, 5) is 10.1. The second-order valence-corrected chi connectivity index (χ2v) is 3.91. The molecule has 0 saturated carbocycles. The molecule has 0 radical (unpaired) electrons. The molecule has 0 heterocycles. The van der Waals surface area contributed by atoms with E-state index in [1.54, 1.807) is 0 Å². The number of aryl methyl sites for hydroxylation is 1. The fourth-order valence-corrected chi connectivity index (χ4v) is 1.52. The van der Waals surface area contributed by atoms with E-state index in [1.165, 1.54) is 9.26 Å². The molecule has 48 valence electrons. The molecule has 0 aliphatic carbocycles. The normalized spacial score (nSPS) is 8.50. The third kappa shape index (κ3) is 2.12. The summed E-state index contributed by atoms with van der Waals surface area (Å²) >= 11 is -0.598. The van der Waals surface area contributed by atoms with Gasteiger partial charge in [-0.15, -0.1) is 0 Å². The number of carbonyl (C=O) groups is 1. The van der Waals surface area contributed by atoms with Crippen molar-refractivity contribution < 1.29 is 4.79 Å².